The fourth-order valence-corrected chi connectivity index (χ4v) is 1.66. The van der Waals surface area contributed by atoms with E-state index in [4.69, 9.17) is 4.74 Å². The number of hydrogen-bond acceptors (Lipinski definition) is 2. The van der Waals surface area contributed by atoms with Crippen molar-refractivity contribution in [2.75, 3.05) is 19.6 Å². The van der Waals surface area contributed by atoms with Gasteiger partial charge in [-0.3, -0.25) is 0 Å². The quantitative estimate of drug-likeness (QED) is 0.828. The van der Waals surface area contributed by atoms with E-state index in [0.29, 0.717) is 25.4 Å². The molecule has 0 radical (unpaired) electrons. The highest BCUT2D eigenvalue weighted by Gasteiger charge is 2.31. The Labute approximate surface area is 105 Å². The Morgan fingerprint density at radius 1 is 1.50 bits per heavy atom. The van der Waals surface area contributed by atoms with Crippen molar-refractivity contribution in [3.05, 3.63) is 42.7 Å². The number of nitrogens with zero attached hydrogens (tertiary/aromatic N) is 1. The molecule has 4 nitrogen and oxygen atoms in total. The average molecular weight is 250 g/mol. The van der Waals surface area contributed by atoms with Crippen molar-refractivity contribution < 1.29 is 13.9 Å². The monoisotopic (exact) mass is 250 g/mol. The molecule has 2 rings (SSSR count). The molecular formula is C13H15FN2O2. The average Bonchev–Trinajstić information content (AvgIpc) is 2.32. The molecule has 1 N–H and O–H groups in total. The molecule has 1 fully saturated rings. The maximum absolute atomic E-state index is 12.7. The standard InChI is InChI=1S/C13H15FN2O2/c1-2-7-15-13(17)16-8-12(9-16)18-11-5-3-10(14)4-6-11/h2-6,12H,1,7-9H2,(H,15,17). The molecule has 0 saturated carbocycles. The Morgan fingerprint density at radius 3 is 2.78 bits per heavy atom. The van der Waals surface area contributed by atoms with E-state index < -0.39 is 0 Å². The van der Waals surface area contributed by atoms with E-state index in [2.05, 4.69) is 11.9 Å². The van der Waals surface area contributed by atoms with Crippen molar-refractivity contribution in [2.45, 2.75) is 6.10 Å². The fourth-order valence-electron chi connectivity index (χ4n) is 1.66. The molecule has 0 bridgehead atoms. The van der Waals surface area contributed by atoms with E-state index in [1.807, 2.05) is 0 Å². The van der Waals surface area contributed by atoms with Crippen molar-refractivity contribution in [1.82, 2.24) is 10.2 Å². The largest absolute Gasteiger partial charge is 0.487 e. The number of likely N-dealkylation sites (tertiary alicyclic amines) is 1. The Balaban J connectivity index is 1.74. The lowest BCUT2D eigenvalue weighted by molar-refractivity contribution is 0.0447. The van der Waals surface area contributed by atoms with Gasteiger partial charge < -0.3 is 15.0 Å². The third kappa shape index (κ3) is 3.00. The number of rotatable bonds is 4. The predicted octanol–water partition coefficient (Wildman–Crippen LogP) is 1.78. The van der Waals surface area contributed by atoms with Crippen LogP contribution in [0.1, 0.15) is 0 Å². The Kier molecular flexibility index (Phi) is 3.82. The summed E-state index contributed by atoms with van der Waals surface area (Å²) < 4.78 is 18.3. The first-order valence-electron chi connectivity index (χ1n) is 5.75. The maximum atomic E-state index is 12.7. The fraction of sp³-hybridized carbons (Fsp3) is 0.308. The van der Waals surface area contributed by atoms with Crippen LogP contribution in [-0.2, 0) is 0 Å². The van der Waals surface area contributed by atoms with E-state index in [-0.39, 0.29) is 18.0 Å². The van der Waals surface area contributed by atoms with Crippen molar-refractivity contribution in [3.8, 4) is 5.75 Å². The number of amides is 2. The molecule has 0 unspecified atom stereocenters. The normalized spacial score (nSPS) is 14.8. The number of benzene rings is 1. The number of carbonyl (C=O) groups is 1. The number of hydrogen-bond donors (Lipinski definition) is 1. The molecule has 1 saturated heterocycles. The Hall–Kier alpha value is -2.04. The van der Waals surface area contributed by atoms with E-state index in [0.717, 1.165) is 0 Å². The van der Waals surface area contributed by atoms with Gasteiger partial charge in [-0.25, -0.2) is 9.18 Å². The van der Waals surface area contributed by atoms with Crippen molar-refractivity contribution in [1.29, 1.82) is 0 Å². The zero-order valence-corrected chi connectivity index (χ0v) is 9.93. The minimum Gasteiger partial charge on any atom is -0.487 e. The topological polar surface area (TPSA) is 41.6 Å². The van der Waals surface area contributed by atoms with Crippen LogP contribution in [0.2, 0.25) is 0 Å². The summed E-state index contributed by atoms with van der Waals surface area (Å²) in [5.74, 6) is 0.328. The van der Waals surface area contributed by atoms with Gasteiger partial charge in [0, 0.05) is 6.54 Å². The molecule has 0 atom stereocenters. The lowest BCUT2D eigenvalue weighted by Gasteiger charge is -2.38. The molecule has 1 aromatic carbocycles. The number of nitrogens with one attached hydrogen (secondary N) is 1. The van der Waals surface area contributed by atoms with Crippen LogP contribution in [0.5, 0.6) is 5.75 Å². The zero-order valence-electron chi connectivity index (χ0n) is 9.93. The molecule has 96 valence electrons. The molecular weight excluding hydrogens is 235 g/mol. The van der Waals surface area contributed by atoms with Gasteiger partial charge in [0.25, 0.3) is 0 Å². The minimum atomic E-state index is -0.290. The molecule has 0 spiro atoms. The molecule has 1 aromatic rings. The summed E-state index contributed by atoms with van der Waals surface area (Å²) >= 11 is 0. The van der Waals surface area contributed by atoms with Crippen LogP contribution in [0.25, 0.3) is 0 Å². The van der Waals surface area contributed by atoms with Crippen molar-refractivity contribution in [2.24, 2.45) is 0 Å². The first-order valence-corrected chi connectivity index (χ1v) is 5.75. The van der Waals surface area contributed by atoms with Crippen LogP contribution in [0.4, 0.5) is 9.18 Å². The molecule has 1 aliphatic rings. The number of halogens is 1. The van der Waals surface area contributed by atoms with Crippen LogP contribution >= 0.6 is 0 Å². The van der Waals surface area contributed by atoms with Crippen LogP contribution in [0, 0.1) is 5.82 Å². The van der Waals surface area contributed by atoms with Gasteiger partial charge in [-0.15, -0.1) is 6.58 Å². The lowest BCUT2D eigenvalue weighted by Crippen LogP contribution is -2.58. The SMILES string of the molecule is C=CCNC(=O)N1CC(Oc2ccc(F)cc2)C1. The van der Waals surface area contributed by atoms with E-state index in [1.165, 1.54) is 12.1 Å². The molecule has 5 heteroatoms. The van der Waals surface area contributed by atoms with Gasteiger partial charge >= 0.3 is 6.03 Å². The van der Waals surface area contributed by atoms with Gasteiger partial charge in [-0.2, -0.15) is 0 Å². The maximum Gasteiger partial charge on any atom is 0.317 e. The smallest absolute Gasteiger partial charge is 0.317 e. The Morgan fingerprint density at radius 2 is 2.17 bits per heavy atom. The van der Waals surface area contributed by atoms with E-state index in [1.54, 1.807) is 23.1 Å². The highest BCUT2D eigenvalue weighted by Crippen LogP contribution is 2.18. The summed E-state index contributed by atoms with van der Waals surface area (Å²) in [6.07, 6.45) is 1.61. The van der Waals surface area contributed by atoms with Crippen LogP contribution < -0.4 is 10.1 Å². The first kappa shape index (κ1) is 12.4. The van der Waals surface area contributed by atoms with Gasteiger partial charge in [-0.05, 0) is 24.3 Å². The molecule has 0 aliphatic carbocycles. The van der Waals surface area contributed by atoms with Gasteiger partial charge in [-0.1, -0.05) is 6.08 Å². The predicted molar refractivity (Wildman–Crippen MR) is 66.0 cm³/mol. The van der Waals surface area contributed by atoms with Crippen molar-refractivity contribution >= 4 is 6.03 Å². The lowest BCUT2D eigenvalue weighted by atomic mass is 10.2. The van der Waals surface area contributed by atoms with Gasteiger partial charge in [0.1, 0.15) is 17.7 Å². The number of carbonyl (C=O) groups excluding carboxylic acids is 1. The van der Waals surface area contributed by atoms with E-state index >= 15 is 0 Å². The van der Waals surface area contributed by atoms with Crippen LogP contribution in [0.3, 0.4) is 0 Å². The number of urea groups is 1. The first-order chi connectivity index (χ1) is 8.69. The second-order valence-electron chi connectivity index (χ2n) is 4.07. The molecule has 1 aliphatic heterocycles. The second-order valence-corrected chi connectivity index (χ2v) is 4.07. The molecule has 0 aromatic heterocycles. The summed E-state index contributed by atoms with van der Waals surface area (Å²) in [6.45, 7) is 5.07. The van der Waals surface area contributed by atoms with Crippen molar-refractivity contribution in [3.63, 3.8) is 0 Å². The third-order valence-electron chi connectivity index (χ3n) is 2.65. The highest BCUT2D eigenvalue weighted by molar-refractivity contribution is 5.75. The summed E-state index contributed by atoms with van der Waals surface area (Å²) in [5, 5.41) is 2.69. The molecule has 2 amide bonds. The van der Waals surface area contributed by atoms with Gasteiger partial charge in [0.05, 0.1) is 13.1 Å². The highest BCUT2D eigenvalue weighted by atomic mass is 19.1. The summed E-state index contributed by atoms with van der Waals surface area (Å²) in [4.78, 5) is 13.1. The minimum absolute atomic E-state index is 0.0232. The summed E-state index contributed by atoms with van der Waals surface area (Å²) in [6, 6.07) is 5.74. The van der Waals surface area contributed by atoms with Gasteiger partial charge in [0.2, 0.25) is 0 Å². The van der Waals surface area contributed by atoms with Crippen LogP contribution in [0.15, 0.2) is 36.9 Å². The zero-order chi connectivity index (χ0) is 13.0. The molecule has 18 heavy (non-hydrogen) atoms. The summed E-state index contributed by atoms with van der Waals surface area (Å²) in [7, 11) is 0. The molecule has 1 heterocycles. The second kappa shape index (κ2) is 5.53. The van der Waals surface area contributed by atoms with Gasteiger partial charge in [0.15, 0.2) is 0 Å². The van der Waals surface area contributed by atoms with Crippen LogP contribution in [-0.4, -0.2) is 36.7 Å². The van der Waals surface area contributed by atoms with E-state index in [9.17, 15) is 9.18 Å². The Bertz CT molecular complexity index is 427. The number of ether oxygens (including phenoxy) is 1. The third-order valence-corrected chi connectivity index (χ3v) is 2.65. The summed E-state index contributed by atoms with van der Waals surface area (Å²) in [5.41, 5.74) is 0.